The molecule has 4 nitrogen and oxygen atoms in total. The zero-order chi connectivity index (χ0) is 14.0. The number of aryl methyl sites for hydroxylation is 3. The van der Waals surface area contributed by atoms with Gasteiger partial charge in [-0.25, -0.2) is 9.78 Å². The van der Waals surface area contributed by atoms with Gasteiger partial charge in [0.2, 0.25) is 0 Å². The summed E-state index contributed by atoms with van der Waals surface area (Å²) in [6.07, 6.45) is 2.53. The second kappa shape index (κ2) is 5.36. The second-order valence-corrected chi connectivity index (χ2v) is 4.93. The fraction of sp³-hybridized carbons (Fsp3) is 0.333. The Bertz CT molecular complexity index is 647. The van der Waals surface area contributed by atoms with Crippen LogP contribution in [0.5, 0.6) is 0 Å². The molecule has 0 bridgehead atoms. The van der Waals surface area contributed by atoms with Gasteiger partial charge in [0.05, 0.1) is 12.6 Å². The fourth-order valence-corrected chi connectivity index (χ4v) is 1.96. The third kappa shape index (κ3) is 3.09. The van der Waals surface area contributed by atoms with Gasteiger partial charge in [-0.1, -0.05) is 18.2 Å². The van der Waals surface area contributed by atoms with E-state index in [4.69, 9.17) is 0 Å². The van der Waals surface area contributed by atoms with Crippen molar-refractivity contribution < 1.29 is 5.11 Å². The molecule has 4 heteroatoms. The lowest BCUT2D eigenvalue weighted by Gasteiger charge is -2.14. The van der Waals surface area contributed by atoms with Gasteiger partial charge in [-0.3, -0.25) is 4.57 Å². The van der Waals surface area contributed by atoms with E-state index in [2.05, 4.69) is 4.98 Å². The van der Waals surface area contributed by atoms with Gasteiger partial charge in [-0.2, -0.15) is 0 Å². The van der Waals surface area contributed by atoms with Crippen molar-refractivity contribution in [2.45, 2.75) is 33.4 Å². The van der Waals surface area contributed by atoms with Crippen LogP contribution in [-0.2, 0) is 6.54 Å². The van der Waals surface area contributed by atoms with Crippen molar-refractivity contribution >= 4 is 0 Å². The van der Waals surface area contributed by atoms with Gasteiger partial charge >= 0.3 is 5.69 Å². The molecule has 0 aliphatic heterocycles. The zero-order valence-corrected chi connectivity index (χ0v) is 11.4. The van der Waals surface area contributed by atoms with E-state index in [0.717, 1.165) is 16.7 Å². The van der Waals surface area contributed by atoms with Crippen molar-refractivity contribution in [2.24, 2.45) is 0 Å². The van der Waals surface area contributed by atoms with Crippen molar-refractivity contribution in [3.63, 3.8) is 0 Å². The Morgan fingerprint density at radius 2 is 2.00 bits per heavy atom. The lowest BCUT2D eigenvalue weighted by Crippen LogP contribution is -2.25. The van der Waals surface area contributed by atoms with E-state index in [1.165, 1.54) is 16.3 Å². The minimum atomic E-state index is -0.708. The van der Waals surface area contributed by atoms with Crippen molar-refractivity contribution in [1.29, 1.82) is 0 Å². The van der Waals surface area contributed by atoms with E-state index in [0.29, 0.717) is 0 Å². The van der Waals surface area contributed by atoms with E-state index in [-0.39, 0.29) is 12.2 Å². The first-order valence-electron chi connectivity index (χ1n) is 6.25. The average Bonchev–Trinajstić information content (AvgIpc) is 2.37. The maximum Gasteiger partial charge on any atom is 0.347 e. The number of aromatic nitrogens is 2. The van der Waals surface area contributed by atoms with Gasteiger partial charge in [0, 0.05) is 12.4 Å². The monoisotopic (exact) mass is 258 g/mol. The Morgan fingerprint density at radius 3 is 2.68 bits per heavy atom. The fourth-order valence-electron chi connectivity index (χ4n) is 1.96. The summed E-state index contributed by atoms with van der Waals surface area (Å²) in [5.74, 6) is 0. The van der Waals surface area contributed by atoms with Crippen LogP contribution >= 0.6 is 0 Å². The molecule has 0 spiro atoms. The summed E-state index contributed by atoms with van der Waals surface area (Å²) in [5.41, 5.74) is 3.69. The number of aliphatic hydroxyl groups is 1. The molecule has 1 unspecified atom stereocenters. The van der Waals surface area contributed by atoms with E-state index < -0.39 is 6.10 Å². The Labute approximate surface area is 112 Å². The average molecular weight is 258 g/mol. The third-order valence-corrected chi connectivity index (χ3v) is 3.27. The van der Waals surface area contributed by atoms with Gasteiger partial charge < -0.3 is 5.11 Å². The number of hydrogen-bond donors (Lipinski definition) is 1. The van der Waals surface area contributed by atoms with Crippen LogP contribution in [0, 0.1) is 20.8 Å². The quantitative estimate of drug-likeness (QED) is 0.914. The molecule has 2 rings (SSSR count). The number of benzene rings is 1. The number of aliphatic hydroxyl groups excluding tert-OH is 1. The Morgan fingerprint density at radius 1 is 1.26 bits per heavy atom. The van der Waals surface area contributed by atoms with Crippen molar-refractivity contribution in [3.05, 3.63) is 63.3 Å². The van der Waals surface area contributed by atoms with Gasteiger partial charge in [0.25, 0.3) is 0 Å². The largest absolute Gasteiger partial charge is 0.387 e. The molecule has 0 radical (unpaired) electrons. The molecular formula is C15H18N2O2. The maximum atomic E-state index is 11.6. The third-order valence-electron chi connectivity index (χ3n) is 3.27. The molecule has 0 aliphatic rings. The lowest BCUT2D eigenvalue weighted by atomic mass is 10.0. The molecule has 0 saturated carbocycles. The number of nitrogens with zero attached hydrogens (tertiary/aromatic N) is 2. The zero-order valence-electron chi connectivity index (χ0n) is 11.4. The highest BCUT2D eigenvalue weighted by atomic mass is 16.3. The summed E-state index contributed by atoms with van der Waals surface area (Å²) >= 11 is 0. The van der Waals surface area contributed by atoms with Crippen LogP contribution in [0.3, 0.4) is 0 Å². The van der Waals surface area contributed by atoms with Gasteiger partial charge in [-0.15, -0.1) is 0 Å². The van der Waals surface area contributed by atoms with Gasteiger partial charge in [0.1, 0.15) is 0 Å². The van der Waals surface area contributed by atoms with Crippen LogP contribution in [-0.4, -0.2) is 14.7 Å². The SMILES string of the molecule is Cc1cnc(=O)n(CC(O)c2ccc(C)c(C)c2)c1. The van der Waals surface area contributed by atoms with Crippen molar-refractivity contribution in [2.75, 3.05) is 0 Å². The Balaban J connectivity index is 2.25. The smallest absolute Gasteiger partial charge is 0.347 e. The summed E-state index contributed by atoms with van der Waals surface area (Å²) in [5, 5.41) is 10.2. The standard InChI is InChI=1S/C15H18N2O2/c1-10-7-16-15(19)17(8-10)9-14(18)13-5-4-11(2)12(3)6-13/h4-8,14,18H,9H2,1-3H3. The molecule has 1 N–H and O–H groups in total. The molecule has 1 heterocycles. The molecule has 0 saturated heterocycles. The predicted octanol–water partition coefficient (Wildman–Crippen LogP) is 1.90. The van der Waals surface area contributed by atoms with Crippen LogP contribution in [0.25, 0.3) is 0 Å². The highest BCUT2D eigenvalue weighted by molar-refractivity contribution is 5.31. The molecule has 1 aromatic heterocycles. The van der Waals surface area contributed by atoms with E-state index in [9.17, 15) is 9.90 Å². The minimum Gasteiger partial charge on any atom is -0.387 e. The molecule has 0 fully saturated rings. The lowest BCUT2D eigenvalue weighted by molar-refractivity contribution is 0.154. The molecule has 100 valence electrons. The van der Waals surface area contributed by atoms with Crippen molar-refractivity contribution in [1.82, 2.24) is 9.55 Å². The molecule has 1 atom stereocenters. The molecule has 0 amide bonds. The van der Waals surface area contributed by atoms with Gasteiger partial charge in [0.15, 0.2) is 0 Å². The molecular weight excluding hydrogens is 240 g/mol. The number of rotatable bonds is 3. The van der Waals surface area contributed by atoms with Crippen LogP contribution in [0.2, 0.25) is 0 Å². The summed E-state index contributed by atoms with van der Waals surface area (Å²) in [4.78, 5) is 15.4. The first kappa shape index (κ1) is 13.5. The molecule has 2 aromatic rings. The number of hydrogen-bond acceptors (Lipinski definition) is 3. The normalized spacial score (nSPS) is 12.4. The highest BCUT2D eigenvalue weighted by Gasteiger charge is 2.10. The summed E-state index contributed by atoms with van der Waals surface area (Å²) in [6.45, 7) is 6.12. The summed E-state index contributed by atoms with van der Waals surface area (Å²) < 4.78 is 1.44. The van der Waals surface area contributed by atoms with Crippen LogP contribution in [0.15, 0.2) is 35.4 Å². The first-order chi connectivity index (χ1) is 8.97. The Kier molecular flexibility index (Phi) is 3.81. The predicted molar refractivity (Wildman–Crippen MR) is 74.1 cm³/mol. The molecule has 1 aromatic carbocycles. The van der Waals surface area contributed by atoms with E-state index in [1.807, 2.05) is 39.0 Å². The highest BCUT2D eigenvalue weighted by Crippen LogP contribution is 2.18. The van der Waals surface area contributed by atoms with Gasteiger partial charge in [-0.05, 0) is 43.0 Å². The van der Waals surface area contributed by atoms with Crippen LogP contribution < -0.4 is 5.69 Å². The first-order valence-corrected chi connectivity index (χ1v) is 6.25. The maximum absolute atomic E-state index is 11.6. The Hall–Kier alpha value is -1.94. The summed E-state index contributed by atoms with van der Waals surface area (Å²) in [7, 11) is 0. The topological polar surface area (TPSA) is 55.1 Å². The van der Waals surface area contributed by atoms with E-state index in [1.54, 1.807) is 6.20 Å². The molecule has 0 aliphatic carbocycles. The minimum absolute atomic E-state index is 0.218. The van der Waals surface area contributed by atoms with Crippen LogP contribution in [0.1, 0.15) is 28.4 Å². The van der Waals surface area contributed by atoms with Crippen molar-refractivity contribution in [3.8, 4) is 0 Å². The molecule has 19 heavy (non-hydrogen) atoms. The second-order valence-electron chi connectivity index (χ2n) is 4.93. The van der Waals surface area contributed by atoms with Crippen LogP contribution in [0.4, 0.5) is 0 Å². The summed E-state index contributed by atoms with van der Waals surface area (Å²) in [6, 6.07) is 5.82. The van der Waals surface area contributed by atoms with E-state index >= 15 is 0 Å².